The Morgan fingerprint density at radius 2 is 2.00 bits per heavy atom. The molecule has 1 heterocycles. The molecular formula is C17H23NO. The minimum Gasteiger partial charge on any atom is -0.385 e. The van der Waals surface area contributed by atoms with Gasteiger partial charge in [-0.05, 0) is 43.2 Å². The molecule has 1 aromatic rings. The van der Waals surface area contributed by atoms with E-state index in [4.69, 9.17) is 0 Å². The zero-order valence-electron chi connectivity index (χ0n) is 11.7. The average Bonchev–Trinajstić information content (AvgIpc) is 2.47. The van der Waals surface area contributed by atoms with Crippen LogP contribution in [0.2, 0.25) is 0 Å². The Bertz CT molecular complexity index is 472. The van der Waals surface area contributed by atoms with Gasteiger partial charge in [-0.25, -0.2) is 0 Å². The molecule has 2 heteroatoms. The van der Waals surface area contributed by atoms with E-state index >= 15 is 0 Å². The number of nitrogens with one attached hydrogen (secondary N) is 1. The van der Waals surface area contributed by atoms with Crippen molar-refractivity contribution >= 4 is 11.5 Å². The van der Waals surface area contributed by atoms with Crippen molar-refractivity contribution in [1.29, 1.82) is 0 Å². The molecule has 1 N–H and O–H groups in total. The number of Topliss-reactive ketones (excluding diaryl/α,β-unsaturated/α-hetero) is 1. The maximum absolute atomic E-state index is 12.8. The van der Waals surface area contributed by atoms with Crippen LogP contribution in [0, 0.1) is 11.8 Å². The number of rotatable bonds is 2. The molecule has 0 aromatic heterocycles. The van der Waals surface area contributed by atoms with Crippen LogP contribution >= 0.6 is 0 Å². The minimum atomic E-state index is 0.268. The fourth-order valence-electron chi connectivity index (χ4n) is 3.48. The van der Waals surface area contributed by atoms with Crippen LogP contribution < -0.4 is 5.32 Å². The van der Waals surface area contributed by atoms with Crippen LogP contribution in [0.3, 0.4) is 0 Å². The average molecular weight is 257 g/mol. The van der Waals surface area contributed by atoms with Crippen LogP contribution in [0.1, 0.15) is 54.9 Å². The van der Waals surface area contributed by atoms with Gasteiger partial charge in [-0.15, -0.1) is 0 Å². The highest BCUT2D eigenvalue weighted by atomic mass is 16.1. The molecule has 1 fully saturated rings. The van der Waals surface area contributed by atoms with E-state index < -0.39 is 0 Å². The summed E-state index contributed by atoms with van der Waals surface area (Å²) in [6, 6.07) is 6.16. The molecule has 2 nitrogen and oxygen atoms in total. The molecule has 19 heavy (non-hydrogen) atoms. The van der Waals surface area contributed by atoms with Gasteiger partial charge in [0.1, 0.15) is 0 Å². The molecule has 0 spiro atoms. The van der Waals surface area contributed by atoms with E-state index in [1.807, 2.05) is 12.1 Å². The predicted octanol–water partition coefficient (Wildman–Crippen LogP) is 4.05. The molecule has 0 bridgehead atoms. The van der Waals surface area contributed by atoms with Gasteiger partial charge in [0.2, 0.25) is 0 Å². The molecular weight excluding hydrogens is 234 g/mol. The molecule has 1 aromatic carbocycles. The number of hydrogen-bond acceptors (Lipinski definition) is 2. The number of fused-ring (bicyclic) bond motifs is 1. The van der Waals surface area contributed by atoms with E-state index in [9.17, 15) is 4.79 Å². The molecule has 0 radical (unpaired) electrons. The number of anilines is 1. The molecule has 1 saturated carbocycles. The summed E-state index contributed by atoms with van der Waals surface area (Å²) >= 11 is 0. The van der Waals surface area contributed by atoms with Gasteiger partial charge in [0, 0.05) is 23.7 Å². The summed E-state index contributed by atoms with van der Waals surface area (Å²) in [7, 11) is 0. The van der Waals surface area contributed by atoms with E-state index in [-0.39, 0.29) is 5.92 Å². The van der Waals surface area contributed by atoms with E-state index in [0.717, 1.165) is 43.7 Å². The Morgan fingerprint density at radius 1 is 1.21 bits per heavy atom. The number of hydrogen-bond donors (Lipinski definition) is 1. The Kier molecular flexibility index (Phi) is 3.58. The van der Waals surface area contributed by atoms with Crippen LogP contribution in [0.15, 0.2) is 18.2 Å². The first kappa shape index (κ1) is 12.7. The third-order valence-electron chi connectivity index (χ3n) is 4.75. The molecule has 0 atom stereocenters. The van der Waals surface area contributed by atoms with Gasteiger partial charge in [0.25, 0.3) is 0 Å². The standard InChI is InChI=1S/C17H23NO/c1-12-7-9-13(10-8-12)17(19)15-4-2-6-16-14(15)5-3-11-18-16/h2,4,6,12-13,18H,3,5,7-11H2,1H3. The van der Waals surface area contributed by atoms with Crippen molar-refractivity contribution in [3.05, 3.63) is 29.3 Å². The van der Waals surface area contributed by atoms with Crippen LogP contribution in [-0.4, -0.2) is 12.3 Å². The van der Waals surface area contributed by atoms with Crippen molar-refractivity contribution < 1.29 is 4.79 Å². The minimum absolute atomic E-state index is 0.268. The van der Waals surface area contributed by atoms with Crippen molar-refractivity contribution in [3.63, 3.8) is 0 Å². The summed E-state index contributed by atoms with van der Waals surface area (Å²) in [5.74, 6) is 1.47. The summed E-state index contributed by atoms with van der Waals surface area (Å²) in [5, 5.41) is 3.42. The smallest absolute Gasteiger partial charge is 0.166 e. The maximum Gasteiger partial charge on any atom is 0.166 e. The SMILES string of the molecule is CC1CCC(C(=O)c2cccc3c2CCCN3)CC1. The monoisotopic (exact) mass is 257 g/mol. The van der Waals surface area contributed by atoms with E-state index in [2.05, 4.69) is 18.3 Å². The summed E-state index contributed by atoms with van der Waals surface area (Å²) in [5.41, 5.74) is 3.43. The quantitative estimate of drug-likeness (QED) is 0.810. The molecule has 3 rings (SSSR count). The summed E-state index contributed by atoms with van der Waals surface area (Å²) in [6.07, 6.45) is 6.77. The third-order valence-corrected chi connectivity index (χ3v) is 4.75. The Balaban J connectivity index is 1.83. The number of ketones is 1. The Labute approximate surface area is 115 Å². The lowest BCUT2D eigenvalue weighted by Gasteiger charge is -2.27. The second-order valence-corrected chi connectivity index (χ2v) is 6.18. The molecule has 0 unspecified atom stereocenters. The van der Waals surface area contributed by atoms with E-state index in [1.54, 1.807) is 0 Å². The van der Waals surface area contributed by atoms with Crippen LogP contribution in [0.5, 0.6) is 0 Å². The lowest BCUT2D eigenvalue weighted by Crippen LogP contribution is -2.23. The Hall–Kier alpha value is -1.31. The van der Waals surface area contributed by atoms with Crippen molar-refractivity contribution in [3.8, 4) is 0 Å². The fourth-order valence-corrected chi connectivity index (χ4v) is 3.48. The Morgan fingerprint density at radius 3 is 2.79 bits per heavy atom. The number of carbonyl (C=O) groups excluding carboxylic acids is 1. The summed E-state index contributed by atoms with van der Waals surface area (Å²) in [4.78, 5) is 12.8. The second kappa shape index (κ2) is 5.36. The lowest BCUT2D eigenvalue weighted by molar-refractivity contribution is 0.0874. The van der Waals surface area contributed by atoms with Gasteiger partial charge < -0.3 is 5.32 Å². The molecule has 102 valence electrons. The maximum atomic E-state index is 12.8. The van der Waals surface area contributed by atoms with Crippen LogP contribution in [-0.2, 0) is 6.42 Å². The highest BCUT2D eigenvalue weighted by molar-refractivity contribution is 6.00. The van der Waals surface area contributed by atoms with Gasteiger partial charge in [-0.1, -0.05) is 31.9 Å². The molecule has 1 aliphatic carbocycles. The highest BCUT2D eigenvalue weighted by Crippen LogP contribution is 2.33. The normalized spacial score (nSPS) is 26.4. The highest BCUT2D eigenvalue weighted by Gasteiger charge is 2.27. The topological polar surface area (TPSA) is 29.1 Å². The zero-order valence-corrected chi connectivity index (χ0v) is 11.7. The first-order valence-electron chi connectivity index (χ1n) is 7.65. The largest absolute Gasteiger partial charge is 0.385 e. The van der Waals surface area contributed by atoms with Gasteiger partial charge in [0.15, 0.2) is 5.78 Å². The summed E-state index contributed by atoms with van der Waals surface area (Å²) < 4.78 is 0. The number of carbonyl (C=O) groups is 1. The van der Waals surface area contributed by atoms with Gasteiger partial charge >= 0.3 is 0 Å². The van der Waals surface area contributed by atoms with Gasteiger partial charge in [0.05, 0.1) is 0 Å². The first-order chi connectivity index (χ1) is 9.25. The predicted molar refractivity (Wildman–Crippen MR) is 78.7 cm³/mol. The van der Waals surface area contributed by atoms with Gasteiger partial charge in [-0.2, -0.15) is 0 Å². The zero-order chi connectivity index (χ0) is 13.2. The van der Waals surface area contributed by atoms with Crippen molar-refractivity contribution in [2.75, 3.05) is 11.9 Å². The van der Waals surface area contributed by atoms with Crippen LogP contribution in [0.4, 0.5) is 5.69 Å². The van der Waals surface area contributed by atoms with E-state index in [0.29, 0.717) is 5.78 Å². The lowest BCUT2D eigenvalue weighted by atomic mass is 9.78. The van der Waals surface area contributed by atoms with Crippen molar-refractivity contribution in [1.82, 2.24) is 0 Å². The van der Waals surface area contributed by atoms with Crippen molar-refractivity contribution in [2.24, 2.45) is 11.8 Å². The van der Waals surface area contributed by atoms with Gasteiger partial charge in [-0.3, -0.25) is 4.79 Å². The van der Waals surface area contributed by atoms with Crippen LogP contribution in [0.25, 0.3) is 0 Å². The third kappa shape index (κ3) is 2.54. The number of benzene rings is 1. The molecule has 0 saturated heterocycles. The molecule has 0 amide bonds. The second-order valence-electron chi connectivity index (χ2n) is 6.18. The molecule has 1 aliphatic heterocycles. The first-order valence-corrected chi connectivity index (χ1v) is 7.65. The summed E-state index contributed by atoms with van der Waals surface area (Å²) in [6.45, 7) is 3.33. The fraction of sp³-hybridized carbons (Fsp3) is 0.588. The van der Waals surface area contributed by atoms with E-state index in [1.165, 1.54) is 24.1 Å². The molecule has 2 aliphatic rings. The van der Waals surface area contributed by atoms with Crippen molar-refractivity contribution in [2.45, 2.75) is 45.4 Å².